The molecule has 0 unspecified atom stereocenters. The zero-order valence-corrected chi connectivity index (χ0v) is 2.88. The Labute approximate surface area is 30.6 Å². The minimum absolute atomic E-state index is 1.20. The maximum atomic E-state index is 7.69. The van der Waals surface area contributed by atoms with Crippen molar-refractivity contribution in [1.82, 2.24) is 0 Å². The van der Waals surface area contributed by atoms with Crippen molar-refractivity contribution in [1.29, 1.82) is 0 Å². The molecule has 0 spiro atoms. The molecule has 0 saturated heterocycles. The van der Waals surface area contributed by atoms with Gasteiger partial charge in [0.05, 0.1) is 0 Å². The van der Waals surface area contributed by atoms with E-state index in [1.165, 1.54) is 8.05 Å². The lowest BCUT2D eigenvalue weighted by Gasteiger charge is -1.93. The van der Waals surface area contributed by atoms with Gasteiger partial charge < -0.3 is 14.9 Å². The van der Waals surface area contributed by atoms with Crippen LogP contribution < -0.4 is 0 Å². The normalized spacial score (nSPS) is 9.40. The lowest BCUT2D eigenvalue weighted by atomic mass is 10.6. The minimum Gasteiger partial charge on any atom is -0.400 e. The smallest absolute Gasteiger partial charge is 0.263 e. The third kappa shape index (κ3) is 3.94. The molecule has 2 N–H and O–H groups in total. The van der Waals surface area contributed by atoms with Crippen molar-refractivity contribution in [2.45, 2.75) is 6.48 Å². The van der Waals surface area contributed by atoms with E-state index in [4.69, 9.17) is 10.2 Å². The average molecular weight is 75.9 g/mol. The Bertz CT molecular complexity index is 20.9. The Morgan fingerprint density at radius 3 is 1.80 bits per heavy atom. The van der Waals surface area contributed by atoms with E-state index in [1.807, 2.05) is 0 Å². The monoisotopic (exact) mass is 76.0 g/mol. The molecule has 3 nitrogen and oxygen atoms in total. The minimum atomic E-state index is -1.62. The fourth-order valence-corrected chi connectivity index (χ4v) is 0. The highest BCUT2D eigenvalue weighted by Gasteiger charge is 1.82. The summed E-state index contributed by atoms with van der Waals surface area (Å²) in [6, 6.07) is 0. The molecule has 0 fully saturated rings. The predicted octanol–water partition coefficient (Wildman–Crippen LogP) is -2.18. The van der Waals surface area contributed by atoms with Crippen LogP contribution in [0.4, 0.5) is 0 Å². The van der Waals surface area contributed by atoms with Gasteiger partial charge in [-0.3, -0.25) is 0 Å². The summed E-state index contributed by atoms with van der Waals surface area (Å²) in [6.07, 6.45) is 0. The van der Waals surface area contributed by atoms with Crippen LogP contribution >= 0.6 is 0 Å². The standard InChI is InChI=1S/CH5BO3/c2-5-1(3)4/h1,3-4H,2H2. The third-order valence-corrected chi connectivity index (χ3v) is 0.211. The highest BCUT2D eigenvalue weighted by atomic mass is 16.7. The maximum absolute atomic E-state index is 7.69. The molecule has 0 rings (SSSR count). The Balaban J connectivity index is 2.54. The van der Waals surface area contributed by atoms with Gasteiger partial charge in [0.25, 0.3) is 14.5 Å². The van der Waals surface area contributed by atoms with Crippen LogP contribution in [0.25, 0.3) is 0 Å². The van der Waals surface area contributed by atoms with Crippen LogP contribution in [0.15, 0.2) is 0 Å². The summed E-state index contributed by atoms with van der Waals surface area (Å²) in [5, 5.41) is 15.4. The molecule has 0 amide bonds. The van der Waals surface area contributed by atoms with E-state index in [0.29, 0.717) is 0 Å². The summed E-state index contributed by atoms with van der Waals surface area (Å²) in [6.45, 7) is -1.62. The van der Waals surface area contributed by atoms with Crippen molar-refractivity contribution in [2.24, 2.45) is 0 Å². The van der Waals surface area contributed by atoms with E-state index in [-0.39, 0.29) is 0 Å². The van der Waals surface area contributed by atoms with Gasteiger partial charge in [-0.1, -0.05) is 0 Å². The van der Waals surface area contributed by atoms with Gasteiger partial charge in [-0.25, -0.2) is 0 Å². The molecule has 5 heavy (non-hydrogen) atoms. The van der Waals surface area contributed by atoms with E-state index >= 15 is 0 Å². The van der Waals surface area contributed by atoms with Crippen molar-refractivity contribution >= 4 is 8.05 Å². The topological polar surface area (TPSA) is 49.7 Å². The van der Waals surface area contributed by atoms with Gasteiger partial charge >= 0.3 is 0 Å². The molecule has 0 atom stereocenters. The van der Waals surface area contributed by atoms with E-state index < -0.39 is 6.48 Å². The molecule has 0 aromatic carbocycles. The first-order valence-electron chi connectivity index (χ1n) is 1.16. The van der Waals surface area contributed by atoms with Crippen molar-refractivity contribution in [2.75, 3.05) is 0 Å². The second-order valence-electron chi connectivity index (χ2n) is 0.562. The SMILES string of the molecule is BOC(O)O. The molecule has 0 bridgehead atoms. The Morgan fingerprint density at radius 1 is 1.60 bits per heavy atom. The summed E-state index contributed by atoms with van der Waals surface area (Å²) in [5.41, 5.74) is 0. The highest BCUT2D eigenvalue weighted by Crippen LogP contribution is 1.65. The fourth-order valence-electron chi connectivity index (χ4n) is 0. The van der Waals surface area contributed by atoms with Gasteiger partial charge in [0.2, 0.25) is 0 Å². The van der Waals surface area contributed by atoms with Crippen LogP contribution in [0.2, 0.25) is 0 Å². The van der Waals surface area contributed by atoms with E-state index in [0.717, 1.165) is 0 Å². The lowest BCUT2D eigenvalue weighted by Crippen LogP contribution is -2.06. The second-order valence-corrected chi connectivity index (χ2v) is 0.562. The maximum Gasteiger partial charge on any atom is 0.263 e. The van der Waals surface area contributed by atoms with E-state index in [2.05, 4.69) is 4.65 Å². The lowest BCUT2D eigenvalue weighted by molar-refractivity contribution is -0.177. The summed E-state index contributed by atoms with van der Waals surface area (Å²) >= 11 is 0. The number of hydrogen-bond donors (Lipinski definition) is 2. The molecule has 0 aliphatic carbocycles. The van der Waals surface area contributed by atoms with E-state index in [9.17, 15) is 0 Å². The molecule has 0 aliphatic rings. The van der Waals surface area contributed by atoms with Crippen LogP contribution in [0.1, 0.15) is 0 Å². The molecule has 0 saturated carbocycles. The fraction of sp³-hybridized carbons (Fsp3) is 1.00. The molecule has 0 aliphatic heterocycles. The van der Waals surface area contributed by atoms with Gasteiger partial charge in [-0.05, 0) is 0 Å². The van der Waals surface area contributed by atoms with Gasteiger partial charge in [0, 0.05) is 0 Å². The van der Waals surface area contributed by atoms with Crippen LogP contribution in [-0.2, 0) is 4.65 Å². The summed E-state index contributed by atoms with van der Waals surface area (Å²) < 4.78 is 3.86. The molecule has 0 aromatic rings. The van der Waals surface area contributed by atoms with Crippen molar-refractivity contribution in [3.63, 3.8) is 0 Å². The Hall–Kier alpha value is -0.0551. The number of rotatable bonds is 1. The number of aliphatic hydroxyl groups is 2. The van der Waals surface area contributed by atoms with Crippen molar-refractivity contribution in [3.05, 3.63) is 0 Å². The van der Waals surface area contributed by atoms with E-state index in [1.54, 1.807) is 0 Å². The van der Waals surface area contributed by atoms with Crippen molar-refractivity contribution in [3.8, 4) is 0 Å². The molecular formula is CH5BO3. The number of aliphatic hydroxyl groups excluding tert-OH is 1. The predicted molar refractivity (Wildman–Crippen MR) is 17.9 cm³/mol. The average Bonchev–Trinajstić information content (AvgIpc) is 1.38. The molecule has 0 aromatic heterocycles. The van der Waals surface area contributed by atoms with Crippen LogP contribution in [0, 0.1) is 0 Å². The Kier molecular flexibility index (Phi) is 2.17. The second kappa shape index (κ2) is 2.20. The van der Waals surface area contributed by atoms with Gasteiger partial charge in [-0.2, -0.15) is 0 Å². The highest BCUT2D eigenvalue weighted by molar-refractivity contribution is 5.97. The first-order valence-corrected chi connectivity index (χ1v) is 1.16. The van der Waals surface area contributed by atoms with Crippen LogP contribution in [0.5, 0.6) is 0 Å². The zero-order valence-electron chi connectivity index (χ0n) is 2.88. The number of hydrogen-bond acceptors (Lipinski definition) is 3. The van der Waals surface area contributed by atoms with Gasteiger partial charge in [-0.15, -0.1) is 0 Å². The Morgan fingerprint density at radius 2 is 1.80 bits per heavy atom. The molecule has 30 valence electrons. The largest absolute Gasteiger partial charge is 0.400 e. The molecule has 4 heteroatoms. The first kappa shape index (κ1) is 4.94. The summed E-state index contributed by atoms with van der Waals surface area (Å²) in [7, 11) is 1.20. The first-order chi connectivity index (χ1) is 2.27. The quantitative estimate of drug-likeness (QED) is 0.275. The third-order valence-electron chi connectivity index (χ3n) is 0.211. The zero-order chi connectivity index (χ0) is 4.28. The van der Waals surface area contributed by atoms with Crippen LogP contribution in [-0.4, -0.2) is 24.7 Å². The molecule has 0 heterocycles. The van der Waals surface area contributed by atoms with Crippen molar-refractivity contribution < 1.29 is 14.9 Å². The molecule has 0 radical (unpaired) electrons. The summed E-state index contributed by atoms with van der Waals surface area (Å²) in [4.78, 5) is 0. The summed E-state index contributed by atoms with van der Waals surface area (Å²) in [5.74, 6) is 0. The van der Waals surface area contributed by atoms with Gasteiger partial charge in [0.15, 0.2) is 0 Å². The van der Waals surface area contributed by atoms with Gasteiger partial charge in [0.1, 0.15) is 0 Å². The van der Waals surface area contributed by atoms with Crippen LogP contribution in [0.3, 0.4) is 0 Å². The molecular weight excluding hydrogens is 70.8 g/mol.